The summed E-state index contributed by atoms with van der Waals surface area (Å²) in [5.41, 5.74) is 2.67. The molecule has 7 heteroatoms. The molecule has 2 aliphatic heterocycles. The molecule has 1 saturated heterocycles. The normalized spacial score (nSPS) is 23.3. The van der Waals surface area contributed by atoms with Crippen LogP contribution in [-0.2, 0) is 9.53 Å². The number of rotatable bonds is 4. The number of aliphatic imine (C=N–C) groups is 1. The van der Waals surface area contributed by atoms with Crippen LogP contribution in [0.3, 0.4) is 0 Å². The Morgan fingerprint density at radius 3 is 2.79 bits per heavy atom. The summed E-state index contributed by atoms with van der Waals surface area (Å²) in [6.07, 6.45) is 14.1. The van der Waals surface area contributed by atoms with Gasteiger partial charge < -0.3 is 19.6 Å². The molecule has 1 N–H and O–H groups in total. The van der Waals surface area contributed by atoms with E-state index in [0.717, 1.165) is 30.5 Å². The number of nitrogens with zero attached hydrogens (tertiary/aromatic N) is 3. The first-order valence-electron chi connectivity index (χ1n) is 11.8. The van der Waals surface area contributed by atoms with Crippen molar-refractivity contribution in [2.75, 3.05) is 32.8 Å². The van der Waals surface area contributed by atoms with E-state index < -0.39 is 12.2 Å². The highest BCUT2D eigenvalue weighted by molar-refractivity contribution is 5.80. The Morgan fingerprint density at radius 1 is 1.27 bits per heavy atom. The van der Waals surface area contributed by atoms with Gasteiger partial charge in [-0.3, -0.25) is 9.79 Å². The molecule has 2 unspecified atom stereocenters. The largest absolute Gasteiger partial charge is 0.444 e. The summed E-state index contributed by atoms with van der Waals surface area (Å²) in [6, 6.07) is 0. The van der Waals surface area contributed by atoms with Crippen molar-refractivity contribution in [3.63, 3.8) is 0 Å². The lowest BCUT2D eigenvalue weighted by molar-refractivity contribution is -0.131. The van der Waals surface area contributed by atoms with Crippen LogP contribution in [0.4, 0.5) is 4.79 Å². The van der Waals surface area contributed by atoms with E-state index in [1.165, 1.54) is 5.57 Å². The number of ether oxygens (including phenoxy) is 1. The van der Waals surface area contributed by atoms with Crippen molar-refractivity contribution in [3.8, 4) is 0 Å². The maximum absolute atomic E-state index is 12.7. The first-order chi connectivity index (χ1) is 15.7. The van der Waals surface area contributed by atoms with Gasteiger partial charge in [0.25, 0.3) is 5.91 Å². The minimum absolute atomic E-state index is 0.216. The second kappa shape index (κ2) is 11.0. The van der Waals surface area contributed by atoms with Gasteiger partial charge in [-0.05, 0) is 69.6 Å². The number of hydrogen-bond donors (Lipinski definition) is 1. The van der Waals surface area contributed by atoms with Gasteiger partial charge in [-0.2, -0.15) is 0 Å². The van der Waals surface area contributed by atoms with Crippen LogP contribution >= 0.6 is 0 Å². The van der Waals surface area contributed by atoms with Gasteiger partial charge in [0.1, 0.15) is 12.2 Å². The summed E-state index contributed by atoms with van der Waals surface area (Å²) in [5, 5.41) is 9.61. The fraction of sp³-hybridized carbons (Fsp3) is 0.577. The Bertz CT molecular complexity index is 892. The van der Waals surface area contributed by atoms with Crippen molar-refractivity contribution in [2.45, 2.75) is 52.6 Å². The molecule has 3 aliphatic rings. The van der Waals surface area contributed by atoms with Gasteiger partial charge in [0.15, 0.2) is 0 Å². The van der Waals surface area contributed by atoms with E-state index in [1.54, 1.807) is 11.1 Å². The van der Waals surface area contributed by atoms with Crippen LogP contribution in [0.25, 0.3) is 0 Å². The number of hydrogen-bond acceptors (Lipinski definition) is 5. The number of aliphatic hydroxyl groups is 1. The van der Waals surface area contributed by atoms with Crippen LogP contribution in [0.1, 0.15) is 47.0 Å². The van der Waals surface area contributed by atoms with E-state index in [4.69, 9.17) is 4.74 Å². The topological polar surface area (TPSA) is 82.4 Å². The van der Waals surface area contributed by atoms with Crippen LogP contribution in [0.2, 0.25) is 0 Å². The molecule has 0 aromatic carbocycles. The van der Waals surface area contributed by atoms with Crippen molar-refractivity contribution in [3.05, 3.63) is 47.2 Å². The monoisotopic (exact) mass is 455 g/mol. The Labute approximate surface area is 197 Å². The van der Waals surface area contributed by atoms with Crippen LogP contribution in [0, 0.1) is 11.8 Å². The number of fused-ring (bicyclic) bond motifs is 1. The molecule has 0 spiro atoms. The molecule has 3 rings (SSSR count). The average molecular weight is 456 g/mol. The average Bonchev–Trinajstić information content (AvgIpc) is 2.99. The molecule has 2 amide bonds. The molecule has 180 valence electrons. The predicted molar refractivity (Wildman–Crippen MR) is 130 cm³/mol. The molecular weight excluding hydrogens is 418 g/mol. The van der Waals surface area contributed by atoms with E-state index in [2.05, 4.69) is 24.1 Å². The van der Waals surface area contributed by atoms with E-state index in [0.29, 0.717) is 32.1 Å². The predicted octanol–water partition coefficient (Wildman–Crippen LogP) is 3.87. The van der Waals surface area contributed by atoms with E-state index >= 15 is 0 Å². The molecule has 33 heavy (non-hydrogen) atoms. The highest BCUT2D eigenvalue weighted by atomic mass is 16.6. The van der Waals surface area contributed by atoms with Gasteiger partial charge in [-0.25, -0.2) is 4.79 Å². The lowest BCUT2D eigenvalue weighted by atomic mass is 9.77. The van der Waals surface area contributed by atoms with Crippen LogP contribution in [0.5, 0.6) is 0 Å². The Hall–Kier alpha value is -2.67. The third-order valence-electron chi connectivity index (χ3n) is 6.17. The fourth-order valence-corrected chi connectivity index (χ4v) is 4.57. The lowest BCUT2D eigenvalue weighted by Gasteiger charge is -2.37. The maximum atomic E-state index is 12.7. The van der Waals surface area contributed by atoms with Crippen LogP contribution < -0.4 is 0 Å². The standard InChI is InChI=1S/C26H37N3O4/c1-19-14-22(29(24(31)18-30)17-20-8-5-6-11-27-16-20)15-21-9-7-12-28(13-10-23(19)21)25(32)33-26(2,3)4/h5-6,8,11,14-15,19,23,30H,7,9-10,12-13,16-18H2,1-4H3. The smallest absolute Gasteiger partial charge is 0.410 e. The summed E-state index contributed by atoms with van der Waals surface area (Å²) >= 11 is 0. The summed E-state index contributed by atoms with van der Waals surface area (Å²) in [6.45, 7) is 9.54. The number of carbonyl (C=O) groups is 2. The zero-order valence-corrected chi connectivity index (χ0v) is 20.3. The van der Waals surface area contributed by atoms with Gasteiger partial charge >= 0.3 is 6.09 Å². The molecule has 0 bridgehead atoms. The first-order valence-corrected chi connectivity index (χ1v) is 11.8. The molecule has 0 aromatic rings. The lowest BCUT2D eigenvalue weighted by Crippen LogP contribution is -2.41. The SMILES string of the molecule is CC1C=C(N(CC2=CC=CC=NC2)C(=O)CO)C=C2CCCN(C(=O)OC(C)(C)C)CCC21. The summed E-state index contributed by atoms with van der Waals surface area (Å²) in [4.78, 5) is 33.0. The molecule has 2 atom stereocenters. The van der Waals surface area contributed by atoms with Crippen LogP contribution in [0.15, 0.2) is 52.2 Å². The van der Waals surface area contributed by atoms with Crippen LogP contribution in [-0.4, -0.2) is 71.5 Å². The van der Waals surface area contributed by atoms with Crippen molar-refractivity contribution in [1.82, 2.24) is 9.80 Å². The van der Waals surface area contributed by atoms with Gasteiger partial charge in [-0.15, -0.1) is 0 Å². The molecule has 7 nitrogen and oxygen atoms in total. The second-order valence-electron chi connectivity index (χ2n) is 9.97. The third kappa shape index (κ3) is 6.90. The molecule has 1 aliphatic carbocycles. The van der Waals surface area contributed by atoms with Crippen molar-refractivity contribution < 1.29 is 19.4 Å². The first kappa shape index (κ1) is 25.0. The van der Waals surface area contributed by atoms with E-state index in [9.17, 15) is 14.7 Å². The molecule has 1 fully saturated rings. The number of carbonyl (C=O) groups excluding carboxylic acids is 2. The van der Waals surface area contributed by atoms with Gasteiger partial charge in [-0.1, -0.05) is 30.7 Å². The van der Waals surface area contributed by atoms with Gasteiger partial charge in [0, 0.05) is 31.5 Å². The van der Waals surface area contributed by atoms with Gasteiger partial charge in [0.2, 0.25) is 0 Å². The zero-order valence-electron chi connectivity index (χ0n) is 20.3. The Balaban J connectivity index is 1.75. The Morgan fingerprint density at radius 2 is 2.06 bits per heavy atom. The molecule has 2 heterocycles. The number of likely N-dealkylation sites (tertiary alicyclic amines) is 1. The summed E-state index contributed by atoms with van der Waals surface area (Å²) in [5.74, 6) is 0.215. The highest BCUT2D eigenvalue weighted by Crippen LogP contribution is 2.37. The highest BCUT2D eigenvalue weighted by Gasteiger charge is 2.31. The van der Waals surface area contributed by atoms with E-state index in [1.807, 2.05) is 43.9 Å². The number of amides is 2. The molecule has 0 radical (unpaired) electrons. The fourth-order valence-electron chi connectivity index (χ4n) is 4.57. The molecular formula is C26H37N3O4. The number of allylic oxidation sites excluding steroid dienone is 6. The summed E-state index contributed by atoms with van der Waals surface area (Å²) < 4.78 is 5.58. The minimum Gasteiger partial charge on any atom is -0.444 e. The summed E-state index contributed by atoms with van der Waals surface area (Å²) in [7, 11) is 0. The Kier molecular flexibility index (Phi) is 8.30. The van der Waals surface area contributed by atoms with E-state index in [-0.39, 0.29) is 17.9 Å². The molecule has 0 aromatic heterocycles. The zero-order chi connectivity index (χ0) is 24.0. The van der Waals surface area contributed by atoms with Crippen molar-refractivity contribution in [2.24, 2.45) is 16.8 Å². The number of aliphatic hydroxyl groups excluding tert-OH is 1. The van der Waals surface area contributed by atoms with Crippen molar-refractivity contribution in [1.29, 1.82) is 0 Å². The maximum Gasteiger partial charge on any atom is 0.410 e. The van der Waals surface area contributed by atoms with Crippen molar-refractivity contribution >= 4 is 18.2 Å². The molecule has 0 saturated carbocycles. The quantitative estimate of drug-likeness (QED) is 0.698. The minimum atomic E-state index is -0.532. The third-order valence-corrected chi connectivity index (χ3v) is 6.17. The van der Waals surface area contributed by atoms with Gasteiger partial charge in [0.05, 0.1) is 6.54 Å². The second-order valence-corrected chi connectivity index (χ2v) is 9.97.